The second kappa shape index (κ2) is 9.43. The maximum Gasteiger partial charge on any atom is 0.271 e. The average Bonchev–Trinajstić information content (AvgIpc) is 3.13. The third-order valence-electron chi connectivity index (χ3n) is 6.32. The molecule has 3 heterocycles. The number of aromatic nitrogens is 1. The molecule has 1 amide bonds. The highest BCUT2D eigenvalue weighted by Gasteiger charge is 2.28. The number of aryl methyl sites for hydroxylation is 1. The maximum absolute atomic E-state index is 13.0. The summed E-state index contributed by atoms with van der Waals surface area (Å²) in [5.41, 5.74) is 3.17. The van der Waals surface area contributed by atoms with Crippen molar-refractivity contribution in [2.45, 2.75) is 12.8 Å². The third kappa shape index (κ3) is 4.54. The molecule has 0 aliphatic carbocycles. The van der Waals surface area contributed by atoms with Crippen molar-refractivity contribution in [3.8, 4) is 5.75 Å². The van der Waals surface area contributed by atoms with Crippen molar-refractivity contribution < 1.29 is 14.7 Å². The molecule has 8 heteroatoms. The monoisotopic (exact) mass is 425 g/mol. The Labute approximate surface area is 183 Å². The number of rotatable bonds is 6. The number of amides is 1. The molecule has 1 saturated heterocycles. The molecule has 1 N–H and O–H groups in total. The van der Waals surface area contributed by atoms with E-state index in [1.165, 1.54) is 5.69 Å². The van der Waals surface area contributed by atoms with Gasteiger partial charge in [0.25, 0.3) is 5.91 Å². The van der Waals surface area contributed by atoms with E-state index in [0.29, 0.717) is 30.9 Å². The highest BCUT2D eigenvalue weighted by atomic mass is 16.5. The van der Waals surface area contributed by atoms with E-state index in [4.69, 9.17) is 4.74 Å². The van der Waals surface area contributed by atoms with Gasteiger partial charge in [-0.25, -0.2) is 0 Å². The van der Waals surface area contributed by atoms with Gasteiger partial charge in [-0.1, -0.05) is 5.16 Å². The fourth-order valence-electron chi connectivity index (χ4n) is 4.48. The summed E-state index contributed by atoms with van der Waals surface area (Å²) in [5, 5.41) is 12.8. The molecule has 0 saturated carbocycles. The van der Waals surface area contributed by atoms with Gasteiger partial charge >= 0.3 is 0 Å². The van der Waals surface area contributed by atoms with Crippen molar-refractivity contribution in [3.63, 3.8) is 0 Å². The van der Waals surface area contributed by atoms with Crippen molar-refractivity contribution in [2.24, 2.45) is 12.2 Å². The van der Waals surface area contributed by atoms with Crippen molar-refractivity contribution in [1.82, 2.24) is 14.4 Å². The maximum atomic E-state index is 13.0. The zero-order valence-electron chi connectivity index (χ0n) is 18.3. The summed E-state index contributed by atoms with van der Waals surface area (Å²) >= 11 is 0. The van der Waals surface area contributed by atoms with Gasteiger partial charge in [0.2, 0.25) is 0 Å². The van der Waals surface area contributed by atoms with Gasteiger partial charge in [0.1, 0.15) is 11.4 Å². The second-order valence-corrected chi connectivity index (χ2v) is 8.16. The van der Waals surface area contributed by atoms with Crippen LogP contribution in [0.4, 0.5) is 5.69 Å². The highest BCUT2D eigenvalue weighted by molar-refractivity contribution is 6.11. The molecule has 2 aliphatic heterocycles. The minimum absolute atomic E-state index is 0.0190. The van der Waals surface area contributed by atoms with E-state index in [-0.39, 0.29) is 5.91 Å². The predicted octanol–water partition coefficient (Wildman–Crippen LogP) is 2.27. The molecular weight excluding hydrogens is 394 g/mol. The minimum Gasteiger partial charge on any atom is -0.497 e. The van der Waals surface area contributed by atoms with Crippen LogP contribution in [0, 0.1) is 0 Å². The Balaban J connectivity index is 1.27. The molecule has 166 valence electrons. The Bertz CT molecular complexity index is 929. The molecule has 2 aliphatic rings. The third-order valence-corrected chi connectivity index (χ3v) is 6.32. The number of hydrogen-bond acceptors (Lipinski definition) is 6. The molecule has 2 aromatic rings. The van der Waals surface area contributed by atoms with Crippen molar-refractivity contribution in [1.29, 1.82) is 0 Å². The number of hydrogen-bond donors (Lipinski definition) is 1. The first kappa shape index (κ1) is 21.2. The van der Waals surface area contributed by atoms with Gasteiger partial charge in [-0.3, -0.25) is 9.69 Å². The molecule has 1 aromatic heterocycles. The van der Waals surface area contributed by atoms with E-state index in [1.54, 1.807) is 7.11 Å². The highest BCUT2D eigenvalue weighted by Crippen LogP contribution is 2.22. The minimum atomic E-state index is 0.0190. The number of nitrogens with zero attached hydrogens (tertiary/aromatic N) is 5. The van der Waals surface area contributed by atoms with Crippen LogP contribution < -0.4 is 9.64 Å². The van der Waals surface area contributed by atoms with Crippen LogP contribution in [-0.4, -0.2) is 84.1 Å². The second-order valence-electron chi connectivity index (χ2n) is 8.16. The molecule has 8 nitrogen and oxygen atoms in total. The van der Waals surface area contributed by atoms with Crippen molar-refractivity contribution in [3.05, 3.63) is 47.8 Å². The summed E-state index contributed by atoms with van der Waals surface area (Å²) in [6.45, 7) is 6.29. The molecule has 1 aromatic carbocycles. The lowest BCUT2D eigenvalue weighted by Crippen LogP contribution is -2.47. The Morgan fingerprint density at radius 1 is 1.03 bits per heavy atom. The van der Waals surface area contributed by atoms with E-state index < -0.39 is 0 Å². The topological polar surface area (TPSA) is 73.5 Å². The summed E-state index contributed by atoms with van der Waals surface area (Å²) < 4.78 is 7.06. The van der Waals surface area contributed by atoms with Gasteiger partial charge < -0.3 is 24.3 Å². The molecule has 0 spiro atoms. The number of carbonyl (C=O) groups is 1. The van der Waals surface area contributed by atoms with Crippen molar-refractivity contribution in [2.75, 3.05) is 57.8 Å². The number of oxime groups is 1. The number of benzene rings is 1. The number of anilines is 1. The van der Waals surface area contributed by atoms with Gasteiger partial charge in [0.05, 0.1) is 12.8 Å². The Kier molecular flexibility index (Phi) is 6.46. The largest absolute Gasteiger partial charge is 0.497 e. The molecule has 0 radical (unpaired) electrons. The van der Waals surface area contributed by atoms with Gasteiger partial charge in [0.15, 0.2) is 0 Å². The normalized spacial score (nSPS) is 18.9. The van der Waals surface area contributed by atoms with Crippen LogP contribution in [0.15, 0.2) is 41.7 Å². The number of carbonyl (C=O) groups excluding carboxylic acids is 1. The van der Waals surface area contributed by atoms with E-state index in [2.05, 4.69) is 27.1 Å². The SMILES string of the molecule is COc1ccc(N2CCN(CCCN3CC/C(=N/O)c4ccn(C)c4C3=O)CC2)cc1. The molecule has 0 atom stereocenters. The lowest BCUT2D eigenvalue weighted by Gasteiger charge is -2.36. The lowest BCUT2D eigenvalue weighted by molar-refractivity contribution is 0.0745. The van der Waals surface area contributed by atoms with Gasteiger partial charge in [-0.2, -0.15) is 0 Å². The summed E-state index contributed by atoms with van der Waals surface area (Å²) in [7, 11) is 3.54. The first-order chi connectivity index (χ1) is 15.1. The molecule has 4 rings (SSSR count). The fraction of sp³-hybridized carbons (Fsp3) is 0.478. The predicted molar refractivity (Wildman–Crippen MR) is 121 cm³/mol. The Morgan fingerprint density at radius 3 is 2.45 bits per heavy atom. The van der Waals surface area contributed by atoms with E-state index in [1.807, 2.05) is 40.9 Å². The van der Waals surface area contributed by atoms with Gasteiger partial charge in [-0.05, 0) is 43.3 Å². The van der Waals surface area contributed by atoms with Crippen LogP contribution in [0.3, 0.4) is 0 Å². The summed E-state index contributed by atoms with van der Waals surface area (Å²) in [4.78, 5) is 19.8. The standard InChI is InChI=1S/C23H31N5O3/c1-25-12-8-20-21(24-30)9-13-28(23(29)22(20)25)11-3-10-26-14-16-27(17-15-26)18-4-6-19(31-2)7-5-18/h4-8,12,30H,3,9-11,13-17H2,1-2H3/b24-21-. The van der Waals surface area contributed by atoms with Gasteiger partial charge in [0, 0.05) is 70.2 Å². The van der Waals surface area contributed by atoms with Gasteiger partial charge in [-0.15, -0.1) is 0 Å². The molecule has 31 heavy (non-hydrogen) atoms. The van der Waals surface area contributed by atoms with E-state index >= 15 is 0 Å². The summed E-state index contributed by atoms with van der Waals surface area (Å²) in [6.07, 6.45) is 3.35. The Hall–Kier alpha value is -3.00. The van der Waals surface area contributed by atoms with Crippen molar-refractivity contribution >= 4 is 17.3 Å². The van der Waals surface area contributed by atoms with Crippen LogP contribution in [0.5, 0.6) is 5.75 Å². The zero-order chi connectivity index (χ0) is 21.8. The Morgan fingerprint density at radius 2 is 1.77 bits per heavy atom. The lowest BCUT2D eigenvalue weighted by atomic mass is 10.1. The van der Waals surface area contributed by atoms with Crippen LogP contribution in [0.25, 0.3) is 0 Å². The number of fused-ring (bicyclic) bond motifs is 1. The van der Waals surface area contributed by atoms with E-state index in [0.717, 1.165) is 50.5 Å². The van der Waals surface area contributed by atoms with Crippen LogP contribution in [0.2, 0.25) is 0 Å². The zero-order valence-corrected chi connectivity index (χ0v) is 18.3. The van der Waals surface area contributed by atoms with Crippen LogP contribution in [-0.2, 0) is 7.05 Å². The quantitative estimate of drug-likeness (QED) is 0.568. The smallest absolute Gasteiger partial charge is 0.271 e. The summed E-state index contributed by atoms with van der Waals surface area (Å²) in [5.74, 6) is 0.899. The van der Waals surface area contributed by atoms with Crippen LogP contribution >= 0.6 is 0 Å². The molecule has 0 unspecified atom stereocenters. The van der Waals surface area contributed by atoms with E-state index in [9.17, 15) is 10.0 Å². The molecular formula is C23H31N5O3. The first-order valence-electron chi connectivity index (χ1n) is 10.9. The number of piperazine rings is 1. The number of methoxy groups -OCH3 is 1. The average molecular weight is 426 g/mol. The molecule has 1 fully saturated rings. The first-order valence-corrected chi connectivity index (χ1v) is 10.9. The molecule has 0 bridgehead atoms. The van der Waals surface area contributed by atoms with Crippen LogP contribution in [0.1, 0.15) is 28.9 Å². The fourth-order valence-corrected chi connectivity index (χ4v) is 4.48. The number of ether oxygens (including phenoxy) is 1. The summed E-state index contributed by atoms with van der Waals surface area (Å²) in [6, 6.07) is 10.1.